The highest BCUT2D eigenvalue weighted by atomic mass is 16.5. The monoisotopic (exact) mass is 402 g/mol. The molecule has 30 heavy (non-hydrogen) atoms. The molecule has 4 atom stereocenters. The molecule has 3 aromatic rings. The Morgan fingerprint density at radius 3 is 2.97 bits per heavy atom. The lowest BCUT2D eigenvalue weighted by Crippen LogP contribution is -2.74. The van der Waals surface area contributed by atoms with Gasteiger partial charge in [0.15, 0.2) is 17.6 Å². The van der Waals surface area contributed by atoms with Crippen LogP contribution in [0.15, 0.2) is 36.4 Å². The standard InChI is InChI=1S/C25H26N2O3/c1-2-10-27-11-9-24-20-14-7-8-18(28)22(20)30-23(24)21-16(13-25(24,29)19(27)12-14)15-5-3-4-6-17(15)26-21/h3-8,19,23,26,28-29H,2,9-13H2,1H3/t19-,23-,24-,25+/m0/s1. The Kier molecular flexibility index (Phi) is 3.10. The highest BCUT2D eigenvalue weighted by Crippen LogP contribution is 2.68. The molecule has 3 N–H and O–H groups in total. The number of likely N-dealkylation sites (tertiary alicyclic amines) is 1. The van der Waals surface area contributed by atoms with E-state index in [0.29, 0.717) is 12.2 Å². The van der Waals surface area contributed by atoms with Gasteiger partial charge in [0.25, 0.3) is 0 Å². The average Bonchev–Trinajstić information content (AvgIpc) is 3.27. The Bertz CT molecular complexity index is 1220. The molecule has 154 valence electrons. The van der Waals surface area contributed by atoms with Crippen LogP contribution in [-0.4, -0.2) is 44.8 Å². The molecule has 7 rings (SSSR count). The highest BCUT2D eigenvalue weighted by Gasteiger charge is 2.72. The maximum absolute atomic E-state index is 12.6. The number of aromatic amines is 1. The van der Waals surface area contributed by atoms with Crippen molar-refractivity contribution >= 4 is 10.9 Å². The summed E-state index contributed by atoms with van der Waals surface area (Å²) in [5.74, 6) is 0.775. The third-order valence-corrected chi connectivity index (χ3v) is 8.39. The first-order chi connectivity index (χ1) is 14.6. The van der Waals surface area contributed by atoms with Crippen molar-refractivity contribution in [2.24, 2.45) is 0 Å². The number of para-hydroxylation sites is 1. The molecule has 2 aliphatic heterocycles. The minimum Gasteiger partial charge on any atom is -0.504 e. The van der Waals surface area contributed by atoms with E-state index in [9.17, 15) is 10.2 Å². The maximum Gasteiger partial charge on any atom is 0.166 e. The van der Waals surface area contributed by atoms with E-state index >= 15 is 0 Å². The minimum absolute atomic E-state index is 0.0575. The predicted molar refractivity (Wildman–Crippen MR) is 114 cm³/mol. The van der Waals surface area contributed by atoms with Crippen LogP contribution in [0.4, 0.5) is 0 Å². The first-order valence-corrected chi connectivity index (χ1v) is 11.2. The third-order valence-electron chi connectivity index (χ3n) is 8.39. The van der Waals surface area contributed by atoms with Crippen molar-refractivity contribution in [3.63, 3.8) is 0 Å². The summed E-state index contributed by atoms with van der Waals surface area (Å²) in [6.07, 6.45) is 3.03. The van der Waals surface area contributed by atoms with Gasteiger partial charge in [-0.25, -0.2) is 0 Å². The van der Waals surface area contributed by atoms with Crippen LogP contribution in [0.3, 0.4) is 0 Å². The quantitative estimate of drug-likeness (QED) is 0.613. The van der Waals surface area contributed by atoms with Crippen LogP contribution in [0.5, 0.6) is 11.5 Å². The van der Waals surface area contributed by atoms with E-state index in [4.69, 9.17) is 4.74 Å². The van der Waals surface area contributed by atoms with Gasteiger partial charge in [0, 0.05) is 28.9 Å². The van der Waals surface area contributed by atoms with E-state index in [-0.39, 0.29) is 17.9 Å². The SMILES string of the molecule is CCCN1CC[C@]23c4c5ccc(O)c4O[C@H]2c2[nH]c4ccccc4c2C[C@@]3(O)[C@@H]1C5. The molecule has 0 radical (unpaired) electrons. The van der Waals surface area contributed by atoms with Gasteiger partial charge in [-0.2, -0.15) is 0 Å². The van der Waals surface area contributed by atoms with Crippen LogP contribution in [0.1, 0.15) is 48.3 Å². The number of phenolic OH excluding ortho intramolecular Hbond substituents is 1. The fourth-order valence-corrected chi connectivity index (χ4v) is 7.28. The molecule has 0 unspecified atom stereocenters. The number of phenols is 1. The van der Waals surface area contributed by atoms with Crippen LogP contribution >= 0.6 is 0 Å². The molecule has 3 heterocycles. The summed E-state index contributed by atoms with van der Waals surface area (Å²) in [7, 11) is 0. The second-order valence-electron chi connectivity index (χ2n) is 9.59. The number of nitrogens with one attached hydrogen (secondary N) is 1. The molecule has 1 spiro atoms. The fraction of sp³-hybridized carbons (Fsp3) is 0.440. The van der Waals surface area contributed by atoms with Gasteiger partial charge in [0.2, 0.25) is 0 Å². The van der Waals surface area contributed by atoms with Crippen molar-refractivity contribution in [3.8, 4) is 11.5 Å². The fourth-order valence-electron chi connectivity index (χ4n) is 7.28. The Hall–Kier alpha value is -2.50. The minimum atomic E-state index is -0.922. The molecule has 1 aromatic heterocycles. The van der Waals surface area contributed by atoms with Gasteiger partial charge in [-0.05, 0) is 55.6 Å². The number of hydrogen-bond acceptors (Lipinski definition) is 4. The van der Waals surface area contributed by atoms with Crippen LogP contribution in [0.2, 0.25) is 0 Å². The van der Waals surface area contributed by atoms with E-state index in [1.807, 2.05) is 12.1 Å². The first-order valence-electron chi connectivity index (χ1n) is 11.2. The predicted octanol–water partition coefficient (Wildman–Crippen LogP) is 3.57. The number of fused-ring (bicyclic) bond motifs is 4. The number of aliphatic hydroxyl groups is 1. The van der Waals surface area contributed by atoms with Crippen molar-refractivity contribution in [2.45, 2.75) is 55.8 Å². The smallest absolute Gasteiger partial charge is 0.166 e. The summed E-state index contributed by atoms with van der Waals surface area (Å²) >= 11 is 0. The zero-order chi connectivity index (χ0) is 20.3. The van der Waals surface area contributed by atoms with Gasteiger partial charge in [-0.3, -0.25) is 4.90 Å². The molecule has 5 nitrogen and oxygen atoms in total. The van der Waals surface area contributed by atoms with Crippen LogP contribution in [0, 0.1) is 0 Å². The molecule has 2 aliphatic carbocycles. The first kappa shape index (κ1) is 17.2. The lowest BCUT2D eigenvalue weighted by molar-refractivity contribution is -0.172. The molecular weight excluding hydrogens is 376 g/mol. The zero-order valence-corrected chi connectivity index (χ0v) is 17.1. The number of benzene rings is 2. The number of piperidine rings is 1. The number of ether oxygens (including phenoxy) is 1. The highest BCUT2D eigenvalue weighted by molar-refractivity contribution is 5.86. The summed E-state index contributed by atoms with van der Waals surface area (Å²) in [6, 6.07) is 12.2. The number of aromatic nitrogens is 1. The van der Waals surface area contributed by atoms with E-state index in [1.54, 1.807) is 6.07 Å². The van der Waals surface area contributed by atoms with Gasteiger partial charge >= 0.3 is 0 Å². The van der Waals surface area contributed by atoms with Gasteiger partial charge in [0.05, 0.1) is 16.7 Å². The number of nitrogens with zero attached hydrogens (tertiary/aromatic N) is 1. The van der Waals surface area contributed by atoms with E-state index < -0.39 is 11.0 Å². The maximum atomic E-state index is 12.6. The third kappa shape index (κ3) is 1.71. The molecule has 1 saturated heterocycles. The molecular formula is C25H26N2O3. The Balaban J connectivity index is 1.56. The van der Waals surface area contributed by atoms with Crippen molar-refractivity contribution in [1.82, 2.24) is 9.88 Å². The Morgan fingerprint density at radius 2 is 2.10 bits per heavy atom. The second kappa shape index (κ2) is 5.40. The lowest BCUT2D eigenvalue weighted by Gasteiger charge is -2.62. The van der Waals surface area contributed by atoms with Gasteiger partial charge in [-0.1, -0.05) is 31.2 Å². The summed E-state index contributed by atoms with van der Waals surface area (Å²) < 4.78 is 6.57. The normalized spacial score (nSPS) is 33.3. The largest absolute Gasteiger partial charge is 0.504 e. The Labute approximate surface area is 175 Å². The van der Waals surface area contributed by atoms with E-state index in [1.165, 1.54) is 16.5 Å². The lowest BCUT2D eigenvalue weighted by atomic mass is 9.49. The van der Waals surface area contributed by atoms with Crippen molar-refractivity contribution in [3.05, 3.63) is 58.8 Å². The zero-order valence-electron chi connectivity index (χ0n) is 17.1. The van der Waals surface area contributed by atoms with Crippen LogP contribution in [0.25, 0.3) is 10.9 Å². The number of aromatic hydroxyl groups is 1. The van der Waals surface area contributed by atoms with Crippen molar-refractivity contribution in [2.75, 3.05) is 13.1 Å². The Morgan fingerprint density at radius 1 is 1.23 bits per heavy atom. The number of H-pyrrole nitrogens is 1. The van der Waals surface area contributed by atoms with Crippen LogP contribution in [-0.2, 0) is 18.3 Å². The summed E-state index contributed by atoms with van der Waals surface area (Å²) in [4.78, 5) is 6.12. The molecule has 0 saturated carbocycles. The molecule has 2 aromatic carbocycles. The molecule has 0 amide bonds. The topological polar surface area (TPSA) is 68.7 Å². The second-order valence-corrected chi connectivity index (χ2v) is 9.59. The summed E-state index contributed by atoms with van der Waals surface area (Å²) in [5, 5.41) is 24.5. The van der Waals surface area contributed by atoms with Gasteiger partial charge in [-0.15, -0.1) is 0 Å². The molecule has 2 bridgehead atoms. The van der Waals surface area contributed by atoms with E-state index in [2.05, 4.69) is 35.0 Å². The van der Waals surface area contributed by atoms with Gasteiger partial charge in [0.1, 0.15) is 0 Å². The summed E-state index contributed by atoms with van der Waals surface area (Å²) in [6.45, 7) is 4.15. The van der Waals surface area contributed by atoms with E-state index in [0.717, 1.165) is 49.1 Å². The number of rotatable bonds is 2. The summed E-state index contributed by atoms with van der Waals surface area (Å²) in [5.41, 5.74) is 4.18. The average molecular weight is 402 g/mol. The molecule has 5 heteroatoms. The molecule has 1 fully saturated rings. The molecule has 4 aliphatic rings. The van der Waals surface area contributed by atoms with Crippen molar-refractivity contribution in [1.29, 1.82) is 0 Å². The van der Waals surface area contributed by atoms with Crippen molar-refractivity contribution < 1.29 is 14.9 Å². The number of hydrogen-bond donors (Lipinski definition) is 3. The van der Waals surface area contributed by atoms with Crippen LogP contribution < -0.4 is 4.74 Å². The van der Waals surface area contributed by atoms with Gasteiger partial charge < -0.3 is 19.9 Å².